The number of aromatic nitrogens is 1. The molecule has 0 amide bonds. The number of nitrogen functional groups attached to an aromatic ring is 1. The van der Waals surface area contributed by atoms with E-state index in [1.54, 1.807) is 12.3 Å². The number of benzene rings is 1. The number of nitrogens with zero attached hydrogens (tertiary/aromatic N) is 1. The molecular weight excluding hydrogens is 178 g/mol. The lowest BCUT2D eigenvalue weighted by molar-refractivity contribution is 0.200. The van der Waals surface area contributed by atoms with Crippen molar-refractivity contribution in [3.05, 3.63) is 24.4 Å². The standard InChI is InChI=1S/C10H13N3O/c1-2-12-9-4-3-8(11)10-7(9)5-6-13(10)14/h3-6,12,14H,2,11H2,1H3. The van der Waals surface area contributed by atoms with Crippen molar-refractivity contribution in [1.29, 1.82) is 0 Å². The zero-order valence-corrected chi connectivity index (χ0v) is 7.99. The summed E-state index contributed by atoms with van der Waals surface area (Å²) in [5.74, 6) is 0. The molecule has 2 aromatic rings. The molecule has 0 bridgehead atoms. The Hall–Kier alpha value is -1.84. The quantitative estimate of drug-likeness (QED) is 0.501. The monoisotopic (exact) mass is 191 g/mol. The topological polar surface area (TPSA) is 63.2 Å². The van der Waals surface area contributed by atoms with Crippen LogP contribution in [-0.4, -0.2) is 16.5 Å². The van der Waals surface area contributed by atoms with Crippen molar-refractivity contribution in [2.75, 3.05) is 17.6 Å². The third kappa shape index (κ3) is 1.16. The first-order chi connectivity index (χ1) is 6.74. The van der Waals surface area contributed by atoms with Gasteiger partial charge in [-0.25, -0.2) is 0 Å². The van der Waals surface area contributed by atoms with Crippen LogP contribution < -0.4 is 11.1 Å². The summed E-state index contributed by atoms with van der Waals surface area (Å²) in [5.41, 5.74) is 7.98. The van der Waals surface area contributed by atoms with Crippen LogP contribution in [0.4, 0.5) is 11.4 Å². The molecule has 1 aromatic heterocycles. The molecule has 0 aliphatic heterocycles. The van der Waals surface area contributed by atoms with Crippen LogP contribution in [-0.2, 0) is 0 Å². The summed E-state index contributed by atoms with van der Waals surface area (Å²) < 4.78 is 1.05. The average Bonchev–Trinajstić information content (AvgIpc) is 2.54. The minimum atomic E-state index is 0.578. The first-order valence-corrected chi connectivity index (χ1v) is 4.56. The smallest absolute Gasteiger partial charge is 0.111 e. The van der Waals surface area contributed by atoms with Crippen LogP contribution >= 0.6 is 0 Å². The summed E-state index contributed by atoms with van der Waals surface area (Å²) in [5, 5.41) is 13.6. The molecule has 74 valence electrons. The summed E-state index contributed by atoms with van der Waals surface area (Å²) in [6.07, 6.45) is 1.59. The van der Waals surface area contributed by atoms with Gasteiger partial charge in [0.1, 0.15) is 5.52 Å². The molecule has 2 rings (SSSR count). The van der Waals surface area contributed by atoms with Gasteiger partial charge in [0.05, 0.1) is 5.69 Å². The summed E-state index contributed by atoms with van der Waals surface area (Å²) >= 11 is 0. The second-order valence-corrected chi connectivity index (χ2v) is 3.16. The molecule has 0 saturated carbocycles. The summed E-state index contributed by atoms with van der Waals surface area (Å²) in [7, 11) is 0. The Morgan fingerprint density at radius 1 is 1.43 bits per heavy atom. The summed E-state index contributed by atoms with van der Waals surface area (Å²) in [6.45, 7) is 2.87. The number of nitrogens with two attached hydrogens (primary N) is 1. The van der Waals surface area contributed by atoms with Crippen molar-refractivity contribution in [2.45, 2.75) is 6.92 Å². The van der Waals surface area contributed by atoms with E-state index < -0.39 is 0 Å². The van der Waals surface area contributed by atoms with Crippen LogP contribution in [0.5, 0.6) is 0 Å². The molecule has 0 aliphatic carbocycles. The number of hydrogen-bond acceptors (Lipinski definition) is 3. The first-order valence-electron chi connectivity index (χ1n) is 4.56. The van der Waals surface area contributed by atoms with Gasteiger partial charge in [0.25, 0.3) is 0 Å². The Bertz CT molecular complexity index is 462. The van der Waals surface area contributed by atoms with Gasteiger partial charge in [-0.05, 0) is 25.1 Å². The maximum atomic E-state index is 9.49. The fraction of sp³-hybridized carbons (Fsp3) is 0.200. The van der Waals surface area contributed by atoms with Crippen LogP contribution in [0.2, 0.25) is 0 Å². The van der Waals surface area contributed by atoms with E-state index in [4.69, 9.17) is 5.73 Å². The molecule has 0 aliphatic rings. The van der Waals surface area contributed by atoms with E-state index in [2.05, 4.69) is 5.32 Å². The Kier molecular flexibility index (Phi) is 1.96. The minimum Gasteiger partial charge on any atom is -0.428 e. The van der Waals surface area contributed by atoms with E-state index in [9.17, 15) is 5.21 Å². The van der Waals surface area contributed by atoms with E-state index in [1.807, 2.05) is 19.1 Å². The van der Waals surface area contributed by atoms with Crippen molar-refractivity contribution in [3.8, 4) is 0 Å². The SMILES string of the molecule is CCNc1ccc(N)c2c1ccn2O. The van der Waals surface area contributed by atoms with Gasteiger partial charge in [0, 0.05) is 23.8 Å². The van der Waals surface area contributed by atoms with Crippen LogP contribution in [0.3, 0.4) is 0 Å². The molecule has 0 atom stereocenters. The van der Waals surface area contributed by atoms with E-state index in [-0.39, 0.29) is 0 Å². The Morgan fingerprint density at radius 2 is 2.21 bits per heavy atom. The van der Waals surface area contributed by atoms with Gasteiger partial charge in [-0.2, -0.15) is 4.73 Å². The fourth-order valence-electron chi connectivity index (χ4n) is 1.61. The van der Waals surface area contributed by atoms with Crippen LogP contribution in [0, 0.1) is 0 Å². The first kappa shape index (κ1) is 8.74. The van der Waals surface area contributed by atoms with E-state index in [1.165, 1.54) is 0 Å². The average molecular weight is 191 g/mol. The van der Waals surface area contributed by atoms with E-state index >= 15 is 0 Å². The Morgan fingerprint density at radius 3 is 2.93 bits per heavy atom. The highest BCUT2D eigenvalue weighted by molar-refractivity contribution is 5.99. The van der Waals surface area contributed by atoms with E-state index in [0.29, 0.717) is 11.2 Å². The number of nitrogens with one attached hydrogen (secondary N) is 1. The second-order valence-electron chi connectivity index (χ2n) is 3.16. The van der Waals surface area contributed by atoms with Gasteiger partial charge in [-0.1, -0.05) is 0 Å². The zero-order valence-electron chi connectivity index (χ0n) is 7.99. The highest BCUT2D eigenvalue weighted by Crippen LogP contribution is 2.28. The van der Waals surface area contributed by atoms with Gasteiger partial charge in [0.15, 0.2) is 0 Å². The molecule has 4 heteroatoms. The molecule has 4 N–H and O–H groups in total. The molecule has 14 heavy (non-hydrogen) atoms. The van der Waals surface area contributed by atoms with Crippen molar-refractivity contribution in [2.24, 2.45) is 0 Å². The molecule has 4 nitrogen and oxygen atoms in total. The van der Waals surface area contributed by atoms with Crippen molar-refractivity contribution in [3.63, 3.8) is 0 Å². The maximum Gasteiger partial charge on any atom is 0.111 e. The third-order valence-corrected chi connectivity index (χ3v) is 2.23. The normalized spacial score (nSPS) is 10.6. The molecule has 0 saturated heterocycles. The molecule has 0 fully saturated rings. The molecule has 0 unspecified atom stereocenters. The lowest BCUT2D eigenvalue weighted by atomic mass is 10.2. The predicted octanol–water partition coefficient (Wildman–Crippen LogP) is 1.89. The Balaban J connectivity index is 2.70. The molecule has 0 spiro atoms. The number of rotatable bonds is 2. The lowest BCUT2D eigenvalue weighted by Crippen LogP contribution is -1.99. The lowest BCUT2D eigenvalue weighted by Gasteiger charge is -2.06. The number of fused-ring (bicyclic) bond motifs is 1. The van der Waals surface area contributed by atoms with E-state index in [0.717, 1.165) is 22.3 Å². The van der Waals surface area contributed by atoms with Crippen molar-refractivity contribution >= 4 is 22.3 Å². The van der Waals surface area contributed by atoms with Crippen LogP contribution in [0.15, 0.2) is 24.4 Å². The van der Waals surface area contributed by atoms with Gasteiger partial charge in [-0.15, -0.1) is 0 Å². The molecule has 1 heterocycles. The largest absolute Gasteiger partial charge is 0.428 e. The van der Waals surface area contributed by atoms with Gasteiger partial charge < -0.3 is 16.3 Å². The van der Waals surface area contributed by atoms with Crippen molar-refractivity contribution < 1.29 is 5.21 Å². The molecule has 0 radical (unpaired) electrons. The fourth-order valence-corrected chi connectivity index (χ4v) is 1.61. The third-order valence-electron chi connectivity index (χ3n) is 2.23. The Labute approximate surface area is 81.9 Å². The highest BCUT2D eigenvalue weighted by atomic mass is 16.5. The molecular formula is C10H13N3O. The minimum absolute atomic E-state index is 0.578. The van der Waals surface area contributed by atoms with Gasteiger partial charge in [0.2, 0.25) is 0 Å². The summed E-state index contributed by atoms with van der Waals surface area (Å²) in [6, 6.07) is 5.54. The molecule has 1 aromatic carbocycles. The summed E-state index contributed by atoms with van der Waals surface area (Å²) in [4.78, 5) is 0. The number of anilines is 2. The maximum absolute atomic E-state index is 9.49. The number of hydrogen-bond donors (Lipinski definition) is 3. The zero-order chi connectivity index (χ0) is 10.1. The second kappa shape index (κ2) is 3.14. The van der Waals surface area contributed by atoms with Crippen LogP contribution in [0.25, 0.3) is 10.9 Å². The van der Waals surface area contributed by atoms with Crippen molar-refractivity contribution in [1.82, 2.24) is 4.73 Å². The highest BCUT2D eigenvalue weighted by Gasteiger charge is 2.07. The van der Waals surface area contributed by atoms with Crippen LogP contribution in [0.1, 0.15) is 6.92 Å². The van der Waals surface area contributed by atoms with Gasteiger partial charge >= 0.3 is 0 Å². The predicted molar refractivity (Wildman–Crippen MR) is 57.7 cm³/mol. The van der Waals surface area contributed by atoms with Gasteiger partial charge in [-0.3, -0.25) is 0 Å².